The molecular formula is C18H22N4O. The monoisotopic (exact) mass is 310 g/mol. The van der Waals surface area contributed by atoms with E-state index in [0.29, 0.717) is 0 Å². The predicted molar refractivity (Wildman–Crippen MR) is 92.0 cm³/mol. The van der Waals surface area contributed by atoms with E-state index in [2.05, 4.69) is 22.3 Å². The molecule has 2 aliphatic heterocycles. The molecule has 1 fully saturated rings. The van der Waals surface area contributed by atoms with Gasteiger partial charge < -0.3 is 5.32 Å². The fourth-order valence-electron chi connectivity index (χ4n) is 2.35. The van der Waals surface area contributed by atoms with Gasteiger partial charge in [0.1, 0.15) is 0 Å². The summed E-state index contributed by atoms with van der Waals surface area (Å²) in [5, 5.41) is 4.75. The zero-order chi connectivity index (χ0) is 16.4. The van der Waals surface area contributed by atoms with Gasteiger partial charge in [-0.05, 0) is 44.4 Å². The maximum absolute atomic E-state index is 11.9. The Kier molecular flexibility index (Phi) is 4.30. The predicted octanol–water partition coefficient (Wildman–Crippen LogP) is 2.55. The number of aliphatic imine (C=N–C) groups is 1. The van der Waals surface area contributed by atoms with Crippen LogP contribution in [-0.2, 0) is 4.79 Å². The number of hydrazine groups is 1. The number of allylic oxidation sites excluding steroid dienone is 6. The van der Waals surface area contributed by atoms with Crippen LogP contribution < -0.4 is 10.7 Å². The third-order valence-electron chi connectivity index (χ3n) is 4.06. The molecule has 1 saturated carbocycles. The highest BCUT2D eigenvalue weighted by atomic mass is 16.2. The Hall–Kier alpha value is -2.40. The van der Waals surface area contributed by atoms with Crippen molar-refractivity contribution in [1.82, 2.24) is 15.8 Å². The van der Waals surface area contributed by atoms with Crippen molar-refractivity contribution in [3.63, 3.8) is 0 Å². The molecule has 5 nitrogen and oxygen atoms in total. The van der Waals surface area contributed by atoms with Crippen LogP contribution in [0.25, 0.3) is 0 Å². The number of amidine groups is 1. The van der Waals surface area contributed by atoms with Crippen LogP contribution in [0, 0.1) is 5.92 Å². The molecule has 0 aromatic carbocycles. The summed E-state index contributed by atoms with van der Waals surface area (Å²) in [6.07, 6.45) is 13.4. The Labute approximate surface area is 136 Å². The minimum atomic E-state index is -0.418. The first-order valence-electron chi connectivity index (χ1n) is 7.91. The first-order valence-corrected chi connectivity index (χ1v) is 7.91. The molecule has 0 spiro atoms. The summed E-state index contributed by atoms with van der Waals surface area (Å²) in [5.74, 6) is 1.02. The zero-order valence-electron chi connectivity index (χ0n) is 13.5. The van der Waals surface area contributed by atoms with Crippen molar-refractivity contribution in [2.75, 3.05) is 0 Å². The smallest absolute Gasteiger partial charge is 0.225 e. The molecule has 0 aromatic rings. The number of carbonyl (C=O) groups is 1. The molecule has 0 saturated heterocycles. The molecule has 0 radical (unpaired) electrons. The minimum absolute atomic E-state index is 0.0728. The Morgan fingerprint density at radius 3 is 2.96 bits per heavy atom. The molecule has 1 atom stereocenters. The maximum atomic E-state index is 11.9. The zero-order valence-corrected chi connectivity index (χ0v) is 13.5. The number of carbonyl (C=O) groups excluding carboxylic acids is 1. The highest BCUT2D eigenvalue weighted by molar-refractivity contribution is 6.05. The quantitative estimate of drug-likeness (QED) is 0.767. The molecule has 23 heavy (non-hydrogen) atoms. The summed E-state index contributed by atoms with van der Waals surface area (Å²) in [7, 11) is 0. The van der Waals surface area contributed by atoms with E-state index in [-0.39, 0.29) is 11.8 Å². The van der Waals surface area contributed by atoms with E-state index < -0.39 is 6.29 Å². The van der Waals surface area contributed by atoms with Crippen molar-refractivity contribution >= 4 is 11.7 Å². The van der Waals surface area contributed by atoms with Gasteiger partial charge in [0.25, 0.3) is 0 Å². The van der Waals surface area contributed by atoms with Gasteiger partial charge in [-0.15, -0.1) is 0 Å². The average Bonchev–Trinajstić information content (AvgIpc) is 3.32. The molecule has 1 amide bonds. The number of hydrogen-bond acceptors (Lipinski definition) is 4. The van der Waals surface area contributed by atoms with E-state index in [0.717, 1.165) is 29.8 Å². The number of hydrogen-bond donors (Lipinski definition) is 2. The Morgan fingerprint density at radius 1 is 1.48 bits per heavy atom. The number of rotatable bonds is 5. The lowest BCUT2D eigenvalue weighted by atomic mass is 10.0. The Bertz CT molecular complexity index is 677. The Morgan fingerprint density at radius 2 is 2.26 bits per heavy atom. The molecule has 3 aliphatic rings. The average molecular weight is 310 g/mol. The standard InChI is InChI=1S/C18H22N4O/c1-4-12(2)7-8-13(3)15-6-5-11-22-16(15)19-18(21-22)20-17(23)14-9-10-14/h4-8,11,14,18,21H,3,9-10H2,1-2H3,(H,20,23)/b8-7-,12-4-. The molecule has 1 aliphatic carbocycles. The van der Waals surface area contributed by atoms with Gasteiger partial charge in [-0.3, -0.25) is 9.80 Å². The first kappa shape index (κ1) is 15.5. The molecule has 0 bridgehead atoms. The van der Waals surface area contributed by atoms with Gasteiger partial charge >= 0.3 is 0 Å². The largest absolute Gasteiger partial charge is 0.320 e. The number of fused-ring (bicyclic) bond motifs is 1. The van der Waals surface area contributed by atoms with Gasteiger partial charge in [-0.2, -0.15) is 5.43 Å². The van der Waals surface area contributed by atoms with E-state index in [1.54, 1.807) is 0 Å². The summed E-state index contributed by atoms with van der Waals surface area (Å²) in [5.41, 5.74) is 6.17. The Balaban J connectivity index is 1.72. The highest BCUT2D eigenvalue weighted by Gasteiger charge is 2.34. The molecule has 120 valence electrons. The van der Waals surface area contributed by atoms with Crippen molar-refractivity contribution in [1.29, 1.82) is 0 Å². The van der Waals surface area contributed by atoms with Crippen molar-refractivity contribution in [3.8, 4) is 0 Å². The van der Waals surface area contributed by atoms with Crippen LogP contribution in [0.2, 0.25) is 0 Å². The van der Waals surface area contributed by atoms with Crippen LogP contribution in [0.5, 0.6) is 0 Å². The van der Waals surface area contributed by atoms with E-state index in [1.807, 2.05) is 55.4 Å². The summed E-state index contributed by atoms with van der Waals surface area (Å²) < 4.78 is 0. The van der Waals surface area contributed by atoms with Crippen LogP contribution in [0.15, 0.2) is 64.9 Å². The molecule has 2 N–H and O–H groups in total. The van der Waals surface area contributed by atoms with Crippen LogP contribution in [0.1, 0.15) is 26.7 Å². The summed E-state index contributed by atoms with van der Waals surface area (Å²) >= 11 is 0. The van der Waals surface area contributed by atoms with Crippen molar-refractivity contribution in [2.45, 2.75) is 33.0 Å². The number of amides is 1. The van der Waals surface area contributed by atoms with Gasteiger partial charge in [0.2, 0.25) is 5.91 Å². The fourth-order valence-corrected chi connectivity index (χ4v) is 2.35. The molecular weight excluding hydrogens is 288 g/mol. The number of nitrogens with one attached hydrogen (secondary N) is 2. The van der Waals surface area contributed by atoms with Gasteiger partial charge in [0.05, 0.1) is 0 Å². The van der Waals surface area contributed by atoms with Gasteiger partial charge in [0.15, 0.2) is 12.1 Å². The van der Waals surface area contributed by atoms with Crippen molar-refractivity contribution in [2.24, 2.45) is 10.9 Å². The minimum Gasteiger partial charge on any atom is -0.320 e. The summed E-state index contributed by atoms with van der Waals surface area (Å²) in [6.45, 7) is 8.18. The summed E-state index contributed by atoms with van der Waals surface area (Å²) in [4.78, 5) is 16.5. The lowest BCUT2D eigenvalue weighted by Gasteiger charge is -2.21. The van der Waals surface area contributed by atoms with Gasteiger partial charge in [-0.25, -0.2) is 4.99 Å². The highest BCUT2D eigenvalue weighted by Crippen LogP contribution is 2.29. The van der Waals surface area contributed by atoms with Gasteiger partial charge in [-0.1, -0.05) is 30.4 Å². The van der Waals surface area contributed by atoms with E-state index in [9.17, 15) is 4.79 Å². The lowest BCUT2D eigenvalue weighted by Crippen LogP contribution is -2.46. The lowest BCUT2D eigenvalue weighted by molar-refractivity contribution is -0.123. The molecule has 0 aromatic heterocycles. The second-order valence-electron chi connectivity index (χ2n) is 5.95. The SMILES string of the molecule is C=C(/C=C\C(C)=C/C)C1=CC=CN2NC(NC(=O)C3CC3)N=C12. The fraction of sp³-hybridized carbons (Fsp3) is 0.333. The van der Waals surface area contributed by atoms with Crippen molar-refractivity contribution in [3.05, 3.63) is 59.9 Å². The van der Waals surface area contributed by atoms with Crippen LogP contribution in [-0.4, -0.2) is 23.0 Å². The second-order valence-corrected chi connectivity index (χ2v) is 5.95. The third-order valence-corrected chi connectivity index (χ3v) is 4.06. The topological polar surface area (TPSA) is 56.7 Å². The molecule has 1 unspecified atom stereocenters. The first-order chi connectivity index (χ1) is 11.1. The second kappa shape index (κ2) is 6.38. The van der Waals surface area contributed by atoms with Crippen LogP contribution >= 0.6 is 0 Å². The summed E-state index contributed by atoms with van der Waals surface area (Å²) in [6, 6.07) is 0. The molecule has 5 heteroatoms. The maximum Gasteiger partial charge on any atom is 0.225 e. The number of nitrogens with zero attached hydrogens (tertiary/aromatic N) is 2. The van der Waals surface area contributed by atoms with E-state index in [1.165, 1.54) is 5.57 Å². The molecule has 3 rings (SSSR count). The van der Waals surface area contributed by atoms with E-state index in [4.69, 9.17) is 0 Å². The van der Waals surface area contributed by atoms with Crippen LogP contribution in [0.3, 0.4) is 0 Å². The van der Waals surface area contributed by atoms with Crippen LogP contribution in [0.4, 0.5) is 0 Å². The molecule has 2 heterocycles. The van der Waals surface area contributed by atoms with E-state index >= 15 is 0 Å². The van der Waals surface area contributed by atoms with Gasteiger partial charge in [0, 0.05) is 17.7 Å². The van der Waals surface area contributed by atoms with Crippen molar-refractivity contribution < 1.29 is 4.79 Å². The normalized spacial score (nSPS) is 23.7. The third kappa shape index (κ3) is 3.51.